The third-order valence-electron chi connectivity index (χ3n) is 8.56. The molecule has 9 nitrogen and oxygen atoms in total. The second-order valence-corrected chi connectivity index (χ2v) is 15.4. The Bertz CT molecular complexity index is 1640. The standard InChI is InChI=1S/C36H47Cl2N3O6S/c1-24-9-13-30(14-10-24)48(44,45)39-29-12-16-34-31(19-29)36(43)41(26(3)23-42)20-25(2)35(46-17-7-6-8-27(4)47-34)22-40(5)21-28-11-15-32(37)33(38)18-28/h9-16,18-19,25-27,35,39,42H,6-8,17,20-23H2,1-5H3/t25-,26+,27-,35+/m1/s1. The fourth-order valence-electron chi connectivity index (χ4n) is 5.70. The SMILES string of the molecule is Cc1ccc(S(=O)(=O)Nc2ccc3c(c2)C(=O)N([C@@H](C)CO)C[C@@H](C)[C@H](CN(C)Cc2ccc(Cl)c(Cl)c2)OCCCC[C@@H](C)O3)cc1. The third-order valence-corrected chi connectivity index (χ3v) is 10.7. The minimum atomic E-state index is -3.91. The maximum atomic E-state index is 14.4. The minimum absolute atomic E-state index is 0.115. The van der Waals surface area contributed by atoms with Crippen LogP contribution in [0.15, 0.2) is 65.6 Å². The highest BCUT2D eigenvalue weighted by molar-refractivity contribution is 7.92. The van der Waals surface area contributed by atoms with Crippen molar-refractivity contribution in [3.63, 3.8) is 0 Å². The molecular formula is C36H47Cl2N3O6S. The van der Waals surface area contributed by atoms with E-state index in [2.05, 4.69) is 9.62 Å². The molecule has 3 aromatic carbocycles. The van der Waals surface area contributed by atoms with Gasteiger partial charge in [0.2, 0.25) is 0 Å². The lowest BCUT2D eigenvalue weighted by Crippen LogP contribution is -2.47. The lowest BCUT2D eigenvalue weighted by molar-refractivity contribution is -0.0177. The van der Waals surface area contributed by atoms with Crippen molar-refractivity contribution in [2.45, 2.75) is 76.6 Å². The van der Waals surface area contributed by atoms with E-state index in [1.807, 2.05) is 40.0 Å². The number of anilines is 1. The normalized spacial score (nSPS) is 20.5. The quantitative estimate of drug-likeness (QED) is 0.245. The van der Waals surface area contributed by atoms with E-state index in [1.165, 1.54) is 6.07 Å². The van der Waals surface area contributed by atoms with Crippen LogP contribution in [0.3, 0.4) is 0 Å². The number of carbonyl (C=O) groups excluding carboxylic acids is 1. The van der Waals surface area contributed by atoms with Gasteiger partial charge < -0.3 is 19.5 Å². The maximum Gasteiger partial charge on any atom is 0.261 e. The van der Waals surface area contributed by atoms with Crippen LogP contribution in [0.2, 0.25) is 10.0 Å². The van der Waals surface area contributed by atoms with E-state index >= 15 is 0 Å². The number of nitrogens with one attached hydrogen (secondary N) is 1. The molecule has 4 atom stereocenters. The van der Waals surface area contributed by atoms with Gasteiger partial charge >= 0.3 is 0 Å². The van der Waals surface area contributed by atoms with Gasteiger partial charge in [-0.3, -0.25) is 14.4 Å². The molecule has 12 heteroatoms. The first-order valence-electron chi connectivity index (χ1n) is 16.3. The zero-order valence-corrected chi connectivity index (χ0v) is 30.6. The summed E-state index contributed by atoms with van der Waals surface area (Å²) in [6, 6.07) is 16.4. The monoisotopic (exact) mass is 719 g/mol. The van der Waals surface area contributed by atoms with Gasteiger partial charge in [-0.2, -0.15) is 0 Å². The second-order valence-electron chi connectivity index (χ2n) is 12.9. The number of aliphatic hydroxyl groups is 1. The fraction of sp³-hybridized carbons (Fsp3) is 0.472. The molecule has 262 valence electrons. The first kappa shape index (κ1) is 38.0. The first-order chi connectivity index (χ1) is 22.8. The maximum absolute atomic E-state index is 14.4. The van der Waals surface area contributed by atoms with Crippen molar-refractivity contribution in [2.24, 2.45) is 5.92 Å². The molecule has 0 bridgehead atoms. The number of halogens is 2. The molecule has 0 fully saturated rings. The van der Waals surface area contributed by atoms with E-state index in [0.717, 1.165) is 30.4 Å². The topological polar surface area (TPSA) is 108 Å². The van der Waals surface area contributed by atoms with Crippen LogP contribution in [-0.4, -0.2) is 80.8 Å². The average Bonchev–Trinajstić information content (AvgIpc) is 3.04. The molecule has 48 heavy (non-hydrogen) atoms. The predicted molar refractivity (Wildman–Crippen MR) is 192 cm³/mol. The summed E-state index contributed by atoms with van der Waals surface area (Å²) >= 11 is 12.4. The third kappa shape index (κ3) is 10.3. The molecule has 0 aliphatic carbocycles. The summed E-state index contributed by atoms with van der Waals surface area (Å²) in [6.45, 7) is 9.48. The number of aliphatic hydroxyl groups excluding tert-OH is 1. The lowest BCUT2D eigenvalue weighted by atomic mass is 10.0. The number of carbonyl (C=O) groups is 1. The summed E-state index contributed by atoms with van der Waals surface area (Å²) in [6.07, 6.45) is 2.03. The number of rotatable bonds is 9. The zero-order valence-electron chi connectivity index (χ0n) is 28.3. The van der Waals surface area contributed by atoms with Gasteiger partial charge in [-0.15, -0.1) is 0 Å². The van der Waals surface area contributed by atoms with E-state index < -0.39 is 16.1 Å². The van der Waals surface area contributed by atoms with Crippen LogP contribution in [0.1, 0.15) is 61.5 Å². The van der Waals surface area contributed by atoms with Gasteiger partial charge in [-0.25, -0.2) is 8.42 Å². The number of amides is 1. The molecule has 3 aromatic rings. The largest absolute Gasteiger partial charge is 0.490 e. The Balaban J connectivity index is 1.63. The Morgan fingerprint density at radius 3 is 2.46 bits per heavy atom. The molecule has 0 unspecified atom stereocenters. The number of ether oxygens (including phenoxy) is 2. The number of likely N-dealkylation sites (N-methyl/N-ethyl adjacent to an activating group) is 1. The molecule has 1 heterocycles. The molecule has 4 rings (SSSR count). The number of nitrogens with zero attached hydrogens (tertiary/aromatic N) is 2. The second kappa shape index (κ2) is 17.2. The number of fused-ring (bicyclic) bond motifs is 1. The van der Waals surface area contributed by atoms with E-state index in [-0.39, 0.29) is 46.8 Å². The zero-order chi connectivity index (χ0) is 35.0. The van der Waals surface area contributed by atoms with Gasteiger partial charge in [-0.05, 0) is 95.1 Å². The highest BCUT2D eigenvalue weighted by atomic mass is 35.5. The highest BCUT2D eigenvalue weighted by Gasteiger charge is 2.31. The molecule has 0 aromatic heterocycles. The summed E-state index contributed by atoms with van der Waals surface area (Å²) < 4.78 is 41.8. The average molecular weight is 721 g/mol. The van der Waals surface area contributed by atoms with Crippen molar-refractivity contribution < 1.29 is 27.8 Å². The van der Waals surface area contributed by atoms with Gasteiger partial charge in [0.1, 0.15) is 5.75 Å². The molecule has 0 radical (unpaired) electrons. The van der Waals surface area contributed by atoms with Crippen molar-refractivity contribution >= 4 is 44.8 Å². The van der Waals surface area contributed by atoms with Gasteiger partial charge in [0.25, 0.3) is 15.9 Å². The van der Waals surface area contributed by atoms with E-state index in [1.54, 1.807) is 54.3 Å². The number of hydrogen-bond acceptors (Lipinski definition) is 7. The molecule has 0 saturated heterocycles. The van der Waals surface area contributed by atoms with Crippen molar-refractivity contribution in [3.8, 4) is 5.75 Å². The number of hydrogen-bond donors (Lipinski definition) is 2. The van der Waals surface area contributed by atoms with E-state index in [9.17, 15) is 18.3 Å². The van der Waals surface area contributed by atoms with Crippen molar-refractivity contribution in [1.82, 2.24) is 9.80 Å². The number of aryl methyl sites for hydroxylation is 1. The predicted octanol–water partition coefficient (Wildman–Crippen LogP) is 7.03. The molecule has 0 saturated carbocycles. The van der Waals surface area contributed by atoms with Gasteiger partial charge in [0.15, 0.2) is 0 Å². The van der Waals surface area contributed by atoms with Crippen LogP contribution in [-0.2, 0) is 21.3 Å². The van der Waals surface area contributed by atoms with Crippen LogP contribution in [0.5, 0.6) is 5.75 Å². The van der Waals surface area contributed by atoms with E-state index in [4.69, 9.17) is 32.7 Å². The van der Waals surface area contributed by atoms with Crippen LogP contribution in [0, 0.1) is 12.8 Å². The minimum Gasteiger partial charge on any atom is -0.490 e. The highest BCUT2D eigenvalue weighted by Crippen LogP contribution is 2.30. The number of benzene rings is 3. The number of sulfonamides is 1. The molecule has 0 spiro atoms. The summed E-state index contributed by atoms with van der Waals surface area (Å²) in [5, 5.41) is 11.3. The first-order valence-corrected chi connectivity index (χ1v) is 18.6. The summed E-state index contributed by atoms with van der Waals surface area (Å²) in [5.41, 5.74) is 2.40. The van der Waals surface area contributed by atoms with Crippen LogP contribution >= 0.6 is 23.2 Å². The van der Waals surface area contributed by atoms with Gasteiger partial charge in [0, 0.05) is 37.8 Å². The Labute approximate surface area is 295 Å². The Hall–Kier alpha value is -2.86. The smallest absolute Gasteiger partial charge is 0.261 e. The Kier molecular flexibility index (Phi) is 13.6. The summed E-state index contributed by atoms with van der Waals surface area (Å²) in [4.78, 5) is 18.3. The Morgan fingerprint density at radius 1 is 1.04 bits per heavy atom. The van der Waals surface area contributed by atoms with Gasteiger partial charge in [0.05, 0.1) is 45.4 Å². The fourth-order valence-corrected chi connectivity index (χ4v) is 7.07. The van der Waals surface area contributed by atoms with Crippen LogP contribution < -0.4 is 9.46 Å². The summed E-state index contributed by atoms with van der Waals surface area (Å²) in [7, 11) is -1.90. The molecular weight excluding hydrogens is 673 g/mol. The van der Waals surface area contributed by atoms with E-state index in [0.29, 0.717) is 42.0 Å². The summed E-state index contributed by atoms with van der Waals surface area (Å²) in [5.74, 6) is -0.129. The van der Waals surface area contributed by atoms with Crippen molar-refractivity contribution in [2.75, 3.05) is 38.1 Å². The van der Waals surface area contributed by atoms with Crippen LogP contribution in [0.4, 0.5) is 5.69 Å². The molecule has 1 amide bonds. The lowest BCUT2D eigenvalue weighted by Gasteiger charge is -2.36. The van der Waals surface area contributed by atoms with Crippen molar-refractivity contribution in [3.05, 3.63) is 87.4 Å². The molecule has 1 aliphatic heterocycles. The molecule has 1 aliphatic rings. The Morgan fingerprint density at radius 2 is 1.77 bits per heavy atom. The van der Waals surface area contributed by atoms with Gasteiger partial charge in [-0.1, -0.05) is 53.9 Å². The molecule has 2 N–H and O–H groups in total. The van der Waals surface area contributed by atoms with Crippen molar-refractivity contribution in [1.29, 1.82) is 0 Å². The van der Waals surface area contributed by atoms with Crippen LogP contribution in [0.25, 0.3) is 0 Å².